The third-order valence-corrected chi connectivity index (χ3v) is 4.29. The van der Waals surface area contributed by atoms with Crippen molar-refractivity contribution < 1.29 is 9.47 Å². The Morgan fingerprint density at radius 1 is 0.885 bits per heavy atom. The number of pyridine rings is 1. The zero-order valence-corrected chi connectivity index (χ0v) is 15.5. The average Bonchev–Trinajstić information content (AvgIpc) is 2.70. The second-order valence-electron chi connectivity index (χ2n) is 5.99. The minimum Gasteiger partial charge on any atom is -0.497 e. The first kappa shape index (κ1) is 17.9. The molecule has 0 radical (unpaired) electrons. The molecule has 5 nitrogen and oxygen atoms in total. The molecular weight excluding hydrogens is 326 g/mol. The Kier molecular flexibility index (Phi) is 5.79. The van der Waals surface area contributed by atoms with Crippen molar-refractivity contribution in [3.63, 3.8) is 0 Å². The van der Waals surface area contributed by atoms with E-state index in [2.05, 4.69) is 41.8 Å². The van der Waals surface area contributed by atoms with Crippen LogP contribution in [-0.4, -0.2) is 32.3 Å². The van der Waals surface area contributed by atoms with Crippen molar-refractivity contribution >= 4 is 22.4 Å². The van der Waals surface area contributed by atoms with Crippen LogP contribution in [0.25, 0.3) is 10.9 Å². The van der Waals surface area contributed by atoms with Gasteiger partial charge < -0.3 is 20.1 Å². The number of ether oxygens (including phenoxy) is 2. The van der Waals surface area contributed by atoms with Crippen LogP contribution in [0.5, 0.6) is 11.5 Å². The standard InChI is InChI=1S/C21H25N3O2/c1-4-15-11-21(24-20-8-6-5-7-19(15)20)23-10-9-22-16-12-17(25-2)14-18(13-16)26-3/h5-8,11-14,22H,4,9-10H2,1-3H3,(H,23,24). The maximum absolute atomic E-state index is 5.29. The zero-order valence-electron chi connectivity index (χ0n) is 15.5. The van der Waals surface area contributed by atoms with Gasteiger partial charge in [0, 0.05) is 42.4 Å². The molecule has 0 spiro atoms. The summed E-state index contributed by atoms with van der Waals surface area (Å²) in [6.07, 6.45) is 0.986. The van der Waals surface area contributed by atoms with E-state index in [1.807, 2.05) is 24.3 Å². The molecule has 2 aromatic carbocycles. The van der Waals surface area contributed by atoms with Crippen LogP contribution in [0.2, 0.25) is 0 Å². The molecule has 1 aromatic heterocycles. The van der Waals surface area contributed by atoms with Crippen molar-refractivity contribution in [1.29, 1.82) is 0 Å². The van der Waals surface area contributed by atoms with Crippen molar-refractivity contribution in [1.82, 2.24) is 4.98 Å². The second-order valence-corrected chi connectivity index (χ2v) is 5.99. The number of methoxy groups -OCH3 is 2. The number of para-hydroxylation sites is 1. The summed E-state index contributed by atoms with van der Waals surface area (Å²) in [6, 6.07) is 16.2. The summed E-state index contributed by atoms with van der Waals surface area (Å²) in [5, 5.41) is 8.01. The molecule has 136 valence electrons. The van der Waals surface area contributed by atoms with Crippen LogP contribution >= 0.6 is 0 Å². The summed E-state index contributed by atoms with van der Waals surface area (Å²) < 4.78 is 10.6. The van der Waals surface area contributed by atoms with E-state index < -0.39 is 0 Å². The van der Waals surface area contributed by atoms with E-state index in [-0.39, 0.29) is 0 Å². The van der Waals surface area contributed by atoms with Gasteiger partial charge in [-0.2, -0.15) is 0 Å². The third-order valence-electron chi connectivity index (χ3n) is 4.29. The van der Waals surface area contributed by atoms with Gasteiger partial charge in [0.1, 0.15) is 17.3 Å². The van der Waals surface area contributed by atoms with Gasteiger partial charge in [-0.1, -0.05) is 25.1 Å². The maximum atomic E-state index is 5.29. The highest BCUT2D eigenvalue weighted by Crippen LogP contribution is 2.25. The molecule has 2 N–H and O–H groups in total. The van der Waals surface area contributed by atoms with Crippen LogP contribution in [0.15, 0.2) is 48.5 Å². The van der Waals surface area contributed by atoms with E-state index in [0.29, 0.717) is 0 Å². The fourth-order valence-corrected chi connectivity index (χ4v) is 2.94. The molecule has 0 unspecified atom stereocenters. The van der Waals surface area contributed by atoms with Gasteiger partial charge in [0.25, 0.3) is 0 Å². The lowest BCUT2D eigenvalue weighted by atomic mass is 10.1. The van der Waals surface area contributed by atoms with Crippen molar-refractivity contribution in [2.24, 2.45) is 0 Å². The van der Waals surface area contributed by atoms with Gasteiger partial charge in [0.05, 0.1) is 19.7 Å². The van der Waals surface area contributed by atoms with Crippen LogP contribution in [0, 0.1) is 0 Å². The number of benzene rings is 2. The molecule has 0 saturated heterocycles. The molecule has 0 aliphatic heterocycles. The van der Waals surface area contributed by atoms with Crippen LogP contribution in [0.3, 0.4) is 0 Å². The second kappa shape index (κ2) is 8.43. The minimum absolute atomic E-state index is 0.756. The average molecular weight is 351 g/mol. The van der Waals surface area contributed by atoms with Crippen molar-refractivity contribution in [3.8, 4) is 11.5 Å². The largest absolute Gasteiger partial charge is 0.497 e. The van der Waals surface area contributed by atoms with Crippen LogP contribution in [0.4, 0.5) is 11.5 Å². The normalized spacial score (nSPS) is 10.6. The van der Waals surface area contributed by atoms with Crippen molar-refractivity contribution in [2.75, 3.05) is 37.9 Å². The number of aromatic nitrogens is 1. The monoisotopic (exact) mass is 351 g/mol. The summed E-state index contributed by atoms with van der Waals surface area (Å²) in [7, 11) is 3.30. The topological polar surface area (TPSA) is 55.4 Å². The third kappa shape index (κ3) is 4.17. The van der Waals surface area contributed by atoms with Gasteiger partial charge in [0.15, 0.2) is 0 Å². The number of nitrogens with one attached hydrogen (secondary N) is 2. The van der Waals surface area contributed by atoms with Crippen molar-refractivity contribution in [3.05, 3.63) is 54.1 Å². The number of fused-ring (bicyclic) bond motifs is 1. The van der Waals surface area contributed by atoms with E-state index in [0.717, 1.165) is 48.0 Å². The molecule has 0 bridgehead atoms. The van der Waals surface area contributed by atoms with Crippen LogP contribution < -0.4 is 20.1 Å². The van der Waals surface area contributed by atoms with Gasteiger partial charge in [-0.05, 0) is 24.1 Å². The molecule has 0 amide bonds. The molecule has 0 fully saturated rings. The quantitative estimate of drug-likeness (QED) is 0.591. The highest BCUT2D eigenvalue weighted by Gasteiger charge is 2.04. The predicted octanol–water partition coefficient (Wildman–Crippen LogP) is 4.34. The number of rotatable bonds is 8. The Morgan fingerprint density at radius 3 is 2.27 bits per heavy atom. The van der Waals surface area contributed by atoms with E-state index in [9.17, 15) is 0 Å². The van der Waals surface area contributed by atoms with Gasteiger partial charge in [-0.3, -0.25) is 0 Å². The van der Waals surface area contributed by atoms with E-state index in [1.165, 1.54) is 10.9 Å². The van der Waals surface area contributed by atoms with Gasteiger partial charge in [-0.15, -0.1) is 0 Å². The Bertz CT molecular complexity index is 858. The summed E-state index contributed by atoms with van der Waals surface area (Å²) >= 11 is 0. The summed E-state index contributed by atoms with van der Waals surface area (Å²) in [6.45, 7) is 3.68. The van der Waals surface area contributed by atoms with E-state index >= 15 is 0 Å². The Labute approximate surface area is 154 Å². The fraction of sp³-hybridized carbons (Fsp3) is 0.286. The first-order chi connectivity index (χ1) is 12.7. The molecule has 0 aliphatic carbocycles. The highest BCUT2D eigenvalue weighted by molar-refractivity contribution is 5.84. The molecule has 0 saturated carbocycles. The highest BCUT2D eigenvalue weighted by atomic mass is 16.5. The Hall–Kier alpha value is -2.95. The van der Waals surface area contributed by atoms with Crippen LogP contribution in [0.1, 0.15) is 12.5 Å². The summed E-state index contributed by atoms with van der Waals surface area (Å²) in [4.78, 5) is 4.70. The van der Waals surface area contributed by atoms with Crippen LogP contribution in [-0.2, 0) is 6.42 Å². The number of anilines is 2. The molecule has 0 aliphatic rings. The summed E-state index contributed by atoms with van der Waals surface area (Å²) in [5.74, 6) is 2.44. The first-order valence-electron chi connectivity index (χ1n) is 8.83. The molecule has 3 aromatic rings. The molecule has 3 rings (SSSR count). The molecule has 0 atom stereocenters. The van der Waals surface area contributed by atoms with Gasteiger partial charge in [0.2, 0.25) is 0 Å². The lowest BCUT2D eigenvalue weighted by Gasteiger charge is -2.12. The zero-order chi connectivity index (χ0) is 18.4. The predicted molar refractivity (Wildman–Crippen MR) is 108 cm³/mol. The Morgan fingerprint density at radius 2 is 1.58 bits per heavy atom. The minimum atomic E-state index is 0.756. The smallest absolute Gasteiger partial charge is 0.126 e. The van der Waals surface area contributed by atoms with Gasteiger partial charge in [-0.25, -0.2) is 4.98 Å². The SMILES string of the molecule is CCc1cc(NCCNc2cc(OC)cc(OC)c2)nc2ccccc12. The number of nitrogens with zero attached hydrogens (tertiary/aromatic N) is 1. The maximum Gasteiger partial charge on any atom is 0.126 e. The van der Waals surface area contributed by atoms with Gasteiger partial charge >= 0.3 is 0 Å². The number of hydrogen-bond donors (Lipinski definition) is 2. The lowest BCUT2D eigenvalue weighted by molar-refractivity contribution is 0.394. The molecular formula is C21H25N3O2. The molecule has 5 heteroatoms. The molecule has 26 heavy (non-hydrogen) atoms. The summed E-state index contributed by atoms with van der Waals surface area (Å²) in [5.41, 5.74) is 3.30. The molecule has 1 heterocycles. The van der Waals surface area contributed by atoms with E-state index in [1.54, 1.807) is 14.2 Å². The van der Waals surface area contributed by atoms with Crippen molar-refractivity contribution in [2.45, 2.75) is 13.3 Å². The first-order valence-corrected chi connectivity index (χ1v) is 8.83. The fourth-order valence-electron chi connectivity index (χ4n) is 2.94. The number of hydrogen-bond acceptors (Lipinski definition) is 5. The lowest BCUT2D eigenvalue weighted by Crippen LogP contribution is -2.14. The van der Waals surface area contributed by atoms with E-state index in [4.69, 9.17) is 14.5 Å². The Balaban J connectivity index is 1.63. The number of aryl methyl sites for hydroxylation is 1.